The Morgan fingerprint density at radius 3 is 2.23 bits per heavy atom. The van der Waals surface area contributed by atoms with Gasteiger partial charge in [0, 0.05) is 5.92 Å². The number of alkyl halides is 2. The van der Waals surface area contributed by atoms with Crippen LogP contribution in [0, 0.1) is 0 Å². The van der Waals surface area contributed by atoms with E-state index in [1.807, 2.05) is 30.3 Å². The van der Waals surface area contributed by atoms with E-state index in [0.717, 1.165) is 5.56 Å². The van der Waals surface area contributed by atoms with Crippen LogP contribution in [0.5, 0.6) is 0 Å². The molecule has 1 fully saturated rings. The Hall–Kier alpha value is -0.920. The van der Waals surface area contributed by atoms with Gasteiger partial charge < -0.3 is 0 Å². The van der Waals surface area contributed by atoms with Crippen LogP contribution in [0.4, 0.5) is 8.78 Å². The number of hydrogen-bond acceptors (Lipinski definition) is 0. The molecule has 1 aliphatic rings. The lowest BCUT2D eigenvalue weighted by Crippen LogP contribution is -2.15. The summed E-state index contributed by atoms with van der Waals surface area (Å²) in [5.41, 5.74) is 0.926. The lowest BCUT2D eigenvalue weighted by atomic mass is 9.97. The zero-order valence-corrected chi connectivity index (χ0v) is 7.29. The molecule has 0 saturated heterocycles. The lowest BCUT2D eigenvalue weighted by molar-refractivity contribution is 0.186. The van der Waals surface area contributed by atoms with Gasteiger partial charge in [-0.3, -0.25) is 0 Å². The molecule has 0 radical (unpaired) electrons. The molecule has 0 spiro atoms. The topological polar surface area (TPSA) is 0 Å². The average molecular weight is 182 g/mol. The summed E-state index contributed by atoms with van der Waals surface area (Å²) in [5, 5.41) is 0. The summed E-state index contributed by atoms with van der Waals surface area (Å²) >= 11 is 0. The van der Waals surface area contributed by atoms with Gasteiger partial charge in [0.15, 0.2) is 0 Å². The van der Waals surface area contributed by atoms with Crippen LogP contribution < -0.4 is 0 Å². The van der Waals surface area contributed by atoms with E-state index in [2.05, 4.69) is 0 Å². The second kappa shape index (κ2) is 3.44. The second-order valence-corrected chi connectivity index (χ2v) is 3.55. The van der Waals surface area contributed by atoms with E-state index in [-0.39, 0.29) is 5.92 Å². The zero-order chi connectivity index (χ0) is 9.26. The highest BCUT2D eigenvalue weighted by atomic mass is 19.2. The number of benzene rings is 1. The van der Waals surface area contributed by atoms with Gasteiger partial charge in [0.1, 0.15) is 12.3 Å². The Morgan fingerprint density at radius 1 is 1.00 bits per heavy atom. The molecule has 0 heterocycles. The van der Waals surface area contributed by atoms with Crippen molar-refractivity contribution in [3.63, 3.8) is 0 Å². The van der Waals surface area contributed by atoms with E-state index in [4.69, 9.17) is 0 Å². The number of rotatable bonds is 1. The molecule has 70 valence electrons. The second-order valence-electron chi connectivity index (χ2n) is 3.55. The van der Waals surface area contributed by atoms with E-state index < -0.39 is 12.3 Å². The van der Waals surface area contributed by atoms with Gasteiger partial charge in [-0.05, 0) is 18.4 Å². The van der Waals surface area contributed by atoms with Gasteiger partial charge in [-0.25, -0.2) is 8.78 Å². The van der Waals surface area contributed by atoms with E-state index in [9.17, 15) is 8.78 Å². The van der Waals surface area contributed by atoms with Gasteiger partial charge in [-0.1, -0.05) is 30.3 Å². The van der Waals surface area contributed by atoms with Crippen LogP contribution in [-0.2, 0) is 0 Å². The van der Waals surface area contributed by atoms with E-state index >= 15 is 0 Å². The van der Waals surface area contributed by atoms with E-state index in [0.29, 0.717) is 12.8 Å². The predicted octanol–water partition coefficient (Wildman–Crippen LogP) is 3.24. The molecule has 0 amide bonds. The summed E-state index contributed by atoms with van der Waals surface area (Å²) in [6.07, 6.45) is -1.57. The van der Waals surface area contributed by atoms with Crippen LogP contribution >= 0.6 is 0 Å². The Kier molecular flexibility index (Phi) is 2.30. The van der Waals surface area contributed by atoms with Crippen molar-refractivity contribution >= 4 is 0 Å². The molecule has 1 aliphatic carbocycles. The fourth-order valence-corrected chi connectivity index (χ4v) is 1.96. The monoisotopic (exact) mass is 182 g/mol. The smallest absolute Gasteiger partial charge is 0.138 e. The fourth-order valence-electron chi connectivity index (χ4n) is 1.96. The molecular weight excluding hydrogens is 170 g/mol. The van der Waals surface area contributed by atoms with Crippen molar-refractivity contribution in [1.82, 2.24) is 0 Å². The van der Waals surface area contributed by atoms with Crippen molar-refractivity contribution in [2.24, 2.45) is 0 Å². The molecule has 3 atom stereocenters. The first kappa shape index (κ1) is 8.67. The first-order chi connectivity index (χ1) is 6.29. The van der Waals surface area contributed by atoms with Gasteiger partial charge in [0.25, 0.3) is 0 Å². The summed E-state index contributed by atoms with van der Waals surface area (Å²) in [5.74, 6) is -0.226. The quantitative estimate of drug-likeness (QED) is 0.625. The summed E-state index contributed by atoms with van der Waals surface area (Å²) in [7, 11) is 0. The minimum Gasteiger partial charge on any atom is -0.244 e. The first-order valence-electron chi connectivity index (χ1n) is 4.62. The van der Waals surface area contributed by atoms with Crippen molar-refractivity contribution in [2.75, 3.05) is 0 Å². The standard InChI is InChI=1S/C11H12F2/c12-10-7-6-9(11(10)13)8-4-2-1-3-5-8/h1-5,9-11H,6-7H2. The third-order valence-corrected chi connectivity index (χ3v) is 2.71. The molecule has 1 aromatic carbocycles. The lowest BCUT2D eigenvalue weighted by Gasteiger charge is -2.13. The largest absolute Gasteiger partial charge is 0.244 e. The summed E-state index contributed by atoms with van der Waals surface area (Å²) in [6, 6.07) is 9.37. The van der Waals surface area contributed by atoms with Gasteiger partial charge in [-0.2, -0.15) is 0 Å². The summed E-state index contributed by atoms with van der Waals surface area (Å²) < 4.78 is 26.2. The Balaban J connectivity index is 2.19. The Labute approximate surface area is 76.6 Å². The van der Waals surface area contributed by atoms with Gasteiger partial charge in [0.2, 0.25) is 0 Å². The minimum atomic E-state index is -1.30. The summed E-state index contributed by atoms with van der Waals surface area (Å²) in [6.45, 7) is 0. The van der Waals surface area contributed by atoms with Gasteiger partial charge in [-0.15, -0.1) is 0 Å². The fraction of sp³-hybridized carbons (Fsp3) is 0.455. The van der Waals surface area contributed by atoms with Crippen LogP contribution in [0.2, 0.25) is 0 Å². The molecule has 0 aliphatic heterocycles. The first-order valence-corrected chi connectivity index (χ1v) is 4.62. The van der Waals surface area contributed by atoms with Crippen molar-refractivity contribution in [1.29, 1.82) is 0 Å². The third-order valence-electron chi connectivity index (χ3n) is 2.71. The average Bonchev–Trinajstić information content (AvgIpc) is 2.49. The van der Waals surface area contributed by atoms with Crippen LogP contribution in [0.3, 0.4) is 0 Å². The summed E-state index contributed by atoms with van der Waals surface area (Å²) in [4.78, 5) is 0. The SMILES string of the molecule is FC1CCC(c2ccccc2)C1F. The molecule has 0 nitrogen and oxygen atoms in total. The van der Waals surface area contributed by atoms with Crippen LogP contribution in [0.1, 0.15) is 24.3 Å². The third kappa shape index (κ3) is 1.58. The Morgan fingerprint density at radius 2 is 1.69 bits per heavy atom. The van der Waals surface area contributed by atoms with E-state index in [1.165, 1.54) is 0 Å². The van der Waals surface area contributed by atoms with Crippen molar-refractivity contribution in [2.45, 2.75) is 31.1 Å². The molecule has 1 aromatic rings. The maximum absolute atomic E-state index is 13.3. The molecule has 0 bridgehead atoms. The van der Waals surface area contributed by atoms with Gasteiger partial charge >= 0.3 is 0 Å². The molecule has 1 saturated carbocycles. The van der Waals surface area contributed by atoms with Crippen LogP contribution in [0.25, 0.3) is 0 Å². The van der Waals surface area contributed by atoms with Gasteiger partial charge in [0.05, 0.1) is 0 Å². The number of hydrogen-bond donors (Lipinski definition) is 0. The van der Waals surface area contributed by atoms with E-state index in [1.54, 1.807) is 0 Å². The zero-order valence-electron chi connectivity index (χ0n) is 7.29. The van der Waals surface area contributed by atoms with Crippen LogP contribution in [0.15, 0.2) is 30.3 Å². The molecule has 2 rings (SSSR count). The maximum atomic E-state index is 13.3. The molecule has 0 N–H and O–H groups in total. The van der Waals surface area contributed by atoms with Crippen molar-refractivity contribution < 1.29 is 8.78 Å². The molecule has 13 heavy (non-hydrogen) atoms. The highest BCUT2D eigenvalue weighted by Crippen LogP contribution is 2.38. The molecule has 2 heteroatoms. The normalized spacial score (nSPS) is 33.5. The Bertz CT molecular complexity index is 271. The number of halogens is 2. The highest BCUT2D eigenvalue weighted by Gasteiger charge is 2.37. The molecule has 3 unspecified atom stereocenters. The van der Waals surface area contributed by atoms with Crippen molar-refractivity contribution in [3.8, 4) is 0 Å². The highest BCUT2D eigenvalue weighted by molar-refractivity contribution is 5.22. The molecule has 0 aromatic heterocycles. The predicted molar refractivity (Wildman–Crippen MR) is 48.2 cm³/mol. The van der Waals surface area contributed by atoms with Crippen molar-refractivity contribution in [3.05, 3.63) is 35.9 Å². The maximum Gasteiger partial charge on any atom is 0.138 e. The van der Waals surface area contributed by atoms with Crippen LogP contribution in [-0.4, -0.2) is 12.3 Å². The molecular formula is C11H12F2. The minimum absolute atomic E-state index is 0.226.